The van der Waals surface area contributed by atoms with Crippen LogP contribution < -0.4 is 15.0 Å². The van der Waals surface area contributed by atoms with E-state index in [-0.39, 0.29) is 18.9 Å². The Bertz CT molecular complexity index is 1140. The predicted octanol–water partition coefficient (Wildman–Crippen LogP) is 3.38. The number of hydrogen-bond donors (Lipinski definition) is 1. The number of benzene rings is 3. The maximum atomic E-state index is 12.6. The number of nitrogens with one attached hydrogen (secondary N) is 1. The second kappa shape index (κ2) is 8.87. The normalized spacial score (nSPS) is 15.7. The Morgan fingerprint density at radius 1 is 1.06 bits per heavy atom. The van der Waals surface area contributed by atoms with Gasteiger partial charge in [0.2, 0.25) is 5.91 Å². The number of methoxy groups -OCH3 is 1. The van der Waals surface area contributed by atoms with E-state index in [0.717, 1.165) is 16.5 Å². The number of esters is 1. The molecule has 2 amide bonds. The number of carbonyl (C=O) groups is 3. The molecule has 0 unspecified atom stereocenters. The van der Waals surface area contributed by atoms with Crippen LogP contribution in [0.1, 0.15) is 6.42 Å². The average molecular weight is 418 g/mol. The molecule has 1 heterocycles. The Morgan fingerprint density at radius 3 is 2.68 bits per heavy atom. The molecule has 7 heteroatoms. The van der Waals surface area contributed by atoms with E-state index >= 15 is 0 Å². The lowest BCUT2D eigenvalue weighted by Crippen LogP contribution is -2.28. The van der Waals surface area contributed by atoms with Gasteiger partial charge in [0.25, 0.3) is 5.91 Å². The summed E-state index contributed by atoms with van der Waals surface area (Å²) in [6.07, 6.45) is 0.0551. The lowest BCUT2D eigenvalue weighted by molar-refractivity contribution is -0.151. The molecule has 0 radical (unpaired) electrons. The topological polar surface area (TPSA) is 84.9 Å². The van der Waals surface area contributed by atoms with Gasteiger partial charge in [-0.2, -0.15) is 0 Å². The minimum absolute atomic E-state index is 0.0551. The molecule has 3 aromatic carbocycles. The number of rotatable bonds is 6. The summed E-state index contributed by atoms with van der Waals surface area (Å²) in [5.41, 5.74) is 1.31. The lowest BCUT2D eigenvalue weighted by atomic mass is 10.1. The Hall–Kier alpha value is -3.87. The van der Waals surface area contributed by atoms with Crippen molar-refractivity contribution in [3.05, 3.63) is 66.7 Å². The van der Waals surface area contributed by atoms with Crippen molar-refractivity contribution < 1.29 is 23.9 Å². The molecule has 4 rings (SSSR count). The second-order valence-corrected chi connectivity index (χ2v) is 7.29. The fourth-order valence-electron chi connectivity index (χ4n) is 3.69. The summed E-state index contributed by atoms with van der Waals surface area (Å²) in [4.78, 5) is 38.8. The molecule has 7 nitrogen and oxygen atoms in total. The van der Waals surface area contributed by atoms with Gasteiger partial charge in [-0.1, -0.05) is 42.5 Å². The van der Waals surface area contributed by atoms with E-state index in [1.54, 1.807) is 29.2 Å². The third-order valence-corrected chi connectivity index (χ3v) is 5.21. The number of carbonyl (C=O) groups excluding carboxylic acids is 3. The van der Waals surface area contributed by atoms with Crippen LogP contribution in [0.15, 0.2) is 66.7 Å². The first-order valence-corrected chi connectivity index (χ1v) is 9.94. The van der Waals surface area contributed by atoms with Crippen molar-refractivity contribution >= 4 is 39.9 Å². The zero-order valence-corrected chi connectivity index (χ0v) is 17.0. The molecular weight excluding hydrogens is 396 g/mol. The smallest absolute Gasteiger partial charge is 0.311 e. The summed E-state index contributed by atoms with van der Waals surface area (Å²) >= 11 is 0. The van der Waals surface area contributed by atoms with E-state index in [9.17, 15) is 14.4 Å². The molecule has 31 heavy (non-hydrogen) atoms. The minimum atomic E-state index is -0.615. The van der Waals surface area contributed by atoms with Crippen molar-refractivity contribution in [2.24, 2.45) is 5.92 Å². The van der Waals surface area contributed by atoms with Gasteiger partial charge in [0.05, 0.1) is 18.7 Å². The number of amides is 2. The number of nitrogens with zero attached hydrogens (tertiary/aromatic N) is 1. The van der Waals surface area contributed by atoms with Crippen LogP contribution in [0, 0.1) is 5.92 Å². The van der Waals surface area contributed by atoms with Crippen molar-refractivity contribution in [3.8, 4) is 5.75 Å². The van der Waals surface area contributed by atoms with E-state index in [1.807, 2.05) is 42.5 Å². The van der Waals surface area contributed by atoms with Gasteiger partial charge in [-0.25, -0.2) is 0 Å². The van der Waals surface area contributed by atoms with Crippen LogP contribution in [0.2, 0.25) is 0 Å². The van der Waals surface area contributed by atoms with Gasteiger partial charge in [-0.15, -0.1) is 0 Å². The van der Waals surface area contributed by atoms with Crippen LogP contribution in [-0.2, 0) is 19.1 Å². The van der Waals surface area contributed by atoms with Crippen LogP contribution in [0.3, 0.4) is 0 Å². The maximum Gasteiger partial charge on any atom is 0.311 e. The van der Waals surface area contributed by atoms with E-state index in [2.05, 4.69) is 5.32 Å². The number of fused-ring (bicyclic) bond motifs is 1. The van der Waals surface area contributed by atoms with Crippen LogP contribution in [0.5, 0.6) is 5.75 Å². The first-order chi connectivity index (χ1) is 15.0. The molecule has 0 saturated carbocycles. The highest BCUT2D eigenvalue weighted by Gasteiger charge is 2.36. The zero-order valence-electron chi connectivity index (χ0n) is 17.0. The van der Waals surface area contributed by atoms with Crippen molar-refractivity contribution in [2.45, 2.75) is 6.42 Å². The van der Waals surface area contributed by atoms with Gasteiger partial charge in [-0.05, 0) is 23.6 Å². The quantitative estimate of drug-likeness (QED) is 0.621. The molecule has 1 fully saturated rings. The summed E-state index contributed by atoms with van der Waals surface area (Å²) in [6.45, 7) is -0.196. The first-order valence-electron chi connectivity index (χ1n) is 9.94. The number of ether oxygens (including phenoxy) is 2. The van der Waals surface area contributed by atoms with Crippen LogP contribution >= 0.6 is 0 Å². The van der Waals surface area contributed by atoms with Crippen LogP contribution in [0.25, 0.3) is 10.8 Å². The fourth-order valence-corrected chi connectivity index (χ4v) is 3.69. The van der Waals surface area contributed by atoms with E-state index in [0.29, 0.717) is 11.4 Å². The highest BCUT2D eigenvalue weighted by atomic mass is 16.5. The second-order valence-electron chi connectivity index (χ2n) is 7.29. The number of hydrogen-bond acceptors (Lipinski definition) is 5. The Kier molecular flexibility index (Phi) is 5.84. The van der Waals surface area contributed by atoms with Gasteiger partial charge in [0.15, 0.2) is 6.61 Å². The SMILES string of the molecule is COc1cccc(NC(=O)COC(=O)[C@@H]2CC(=O)N(c3cccc4ccccc34)C2)c1. The molecule has 0 aromatic heterocycles. The molecule has 1 aliphatic heterocycles. The Morgan fingerprint density at radius 2 is 1.84 bits per heavy atom. The maximum absolute atomic E-state index is 12.6. The standard InChI is InChI=1S/C24H22N2O5/c1-30-19-9-5-8-18(13-19)25-22(27)15-31-24(29)17-12-23(28)26(14-17)21-11-4-7-16-6-2-3-10-20(16)21/h2-11,13,17H,12,14-15H2,1H3,(H,25,27)/t17-/m1/s1. The molecule has 3 aromatic rings. The molecular formula is C24H22N2O5. The van der Waals surface area contributed by atoms with E-state index in [4.69, 9.17) is 9.47 Å². The average Bonchev–Trinajstić information content (AvgIpc) is 3.18. The van der Waals surface area contributed by atoms with Gasteiger partial charge in [0, 0.05) is 30.1 Å². The molecule has 1 saturated heterocycles. The predicted molar refractivity (Wildman–Crippen MR) is 117 cm³/mol. The monoisotopic (exact) mass is 418 g/mol. The zero-order chi connectivity index (χ0) is 21.8. The molecule has 158 valence electrons. The van der Waals surface area contributed by atoms with Crippen molar-refractivity contribution in [2.75, 3.05) is 30.5 Å². The van der Waals surface area contributed by atoms with Crippen molar-refractivity contribution in [3.63, 3.8) is 0 Å². The highest BCUT2D eigenvalue weighted by Crippen LogP contribution is 2.32. The summed E-state index contributed by atoms with van der Waals surface area (Å²) in [6, 6.07) is 20.4. The van der Waals surface area contributed by atoms with Crippen molar-refractivity contribution in [1.29, 1.82) is 0 Å². The molecule has 0 bridgehead atoms. The molecule has 0 spiro atoms. The Labute approximate surface area is 179 Å². The van der Waals surface area contributed by atoms with Crippen molar-refractivity contribution in [1.82, 2.24) is 0 Å². The Balaban J connectivity index is 1.36. The third kappa shape index (κ3) is 4.50. The van der Waals surface area contributed by atoms with Crippen LogP contribution in [0.4, 0.5) is 11.4 Å². The summed E-state index contributed by atoms with van der Waals surface area (Å²) in [7, 11) is 1.53. The number of anilines is 2. The fraction of sp³-hybridized carbons (Fsp3) is 0.208. The molecule has 1 N–H and O–H groups in total. The third-order valence-electron chi connectivity index (χ3n) is 5.21. The summed E-state index contributed by atoms with van der Waals surface area (Å²) in [5.74, 6) is -1.17. The van der Waals surface area contributed by atoms with E-state index < -0.39 is 24.4 Å². The summed E-state index contributed by atoms with van der Waals surface area (Å²) < 4.78 is 10.3. The molecule has 1 atom stereocenters. The lowest BCUT2D eigenvalue weighted by Gasteiger charge is -2.18. The van der Waals surface area contributed by atoms with Crippen LogP contribution in [-0.4, -0.2) is 38.0 Å². The minimum Gasteiger partial charge on any atom is -0.497 e. The highest BCUT2D eigenvalue weighted by molar-refractivity contribution is 6.06. The first kappa shape index (κ1) is 20.4. The van der Waals surface area contributed by atoms with Gasteiger partial charge in [0.1, 0.15) is 5.75 Å². The van der Waals surface area contributed by atoms with Gasteiger partial charge in [-0.3, -0.25) is 14.4 Å². The van der Waals surface area contributed by atoms with Gasteiger partial charge >= 0.3 is 5.97 Å². The summed E-state index contributed by atoms with van der Waals surface area (Å²) in [5, 5.41) is 4.62. The van der Waals surface area contributed by atoms with Gasteiger partial charge < -0.3 is 19.7 Å². The molecule has 0 aliphatic carbocycles. The largest absolute Gasteiger partial charge is 0.497 e. The molecule has 1 aliphatic rings. The van der Waals surface area contributed by atoms with E-state index in [1.165, 1.54) is 7.11 Å².